The summed E-state index contributed by atoms with van der Waals surface area (Å²) in [4.78, 5) is 14.0. The fraction of sp³-hybridized carbons (Fsp3) is 0.588. The Balaban J connectivity index is 2.95. The highest BCUT2D eigenvalue weighted by molar-refractivity contribution is 5.78. The summed E-state index contributed by atoms with van der Waals surface area (Å²) >= 11 is 0. The van der Waals surface area contributed by atoms with Crippen molar-refractivity contribution in [1.82, 2.24) is 10.2 Å². The lowest BCUT2D eigenvalue weighted by atomic mass is 10.0. The van der Waals surface area contributed by atoms with Gasteiger partial charge in [-0.15, -0.1) is 0 Å². The van der Waals surface area contributed by atoms with Crippen molar-refractivity contribution >= 4 is 5.91 Å². The van der Waals surface area contributed by atoms with E-state index in [0.717, 1.165) is 30.8 Å². The van der Waals surface area contributed by atoms with E-state index in [2.05, 4.69) is 10.2 Å². The van der Waals surface area contributed by atoms with Crippen LogP contribution in [0.15, 0.2) is 24.3 Å². The number of nitrogens with one attached hydrogen (secondary N) is 1. The number of hydrogen-bond donors (Lipinski definition) is 2. The predicted octanol–water partition coefficient (Wildman–Crippen LogP) is 2.80. The number of halogens is 3. The molecule has 0 fully saturated rings. The molecule has 1 amide bonds. The minimum absolute atomic E-state index is 0.151. The van der Waals surface area contributed by atoms with Crippen LogP contribution in [0.4, 0.5) is 13.2 Å². The summed E-state index contributed by atoms with van der Waals surface area (Å²) in [7, 11) is 0. The van der Waals surface area contributed by atoms with Crippen LogP contribution in [-0.4, -0.2) is 37.0 Å². The Morgan fingerprint density at radius 3 is 2.17 bits per heavy atom. The first kappa shape index (κ1) is 20.4. The van der Waals surface area contributed by atoms with E-state index in [1.54, 1.807) is 6.92 Å². The van der Waals surface area contributed by atoms with E-state index in [4.69, 9.17) is 5.73 Å². The van der Waals surface area contributed by atoms with Gasteiger partial charge in [0.05, 0.1) is 11.6 Å². The van der Waals surface area contributed by atoms with Crippen LogP contribution in [-0.2, 0) is 11.0 Å². The van der Waals surface area contributed by atoms with Crippen molar-refractivity contribution in [2.45, 2.75) is 33.0 Å². The highest BCUT2D eigenvalue weighted by atomic mass is 19.4. The summed E-state index contributed by atoms with van der Waals surface area (Å²) in [6.07, 6.45) is -4.35. The fourth-order valence-electron chi connectivity index (χ4n) is 2.49. The summed E-state index contributed by atoms with van der Waals surface area (Å²) in [5.41, 5.74) is 5.55. The highest BCUT2D eigenvalue weighted by Gasteiger charge is 2.30. The molecule has 7 heteroatoms. The number of alkyl halides is 3. The van der Waals surface area contributed by atoms with Gasteiger partial charge in [0.1, 0.15) is 0 Å². The van der Waals surface area contributed by atoms with Gasteiger partial charge in [0.15, 0.2) is 0 Å². The normalized spacial score (nSPS) is 14.5. The lowest BCUT2D eigenvalue weighted by molar-refractivity contribution is -0.137. The second-order valence-corrected chi connectivity index (χ2v) is 5.74. The number of hydrogen-bond acceptors (Lipinski definition) is 3. The maximum Gasteiger partial charge on any atom is 0.416 e. The van der Waals surface area contributed by atoms with Crippen LogP contribution in [0.1, 0.15) is 37.9 Å². The molecule has 0 aliphatic carbocycles. The highest BCUT2D eigenvalue weighted by Crippen LogP contribution is 2.30. The molecule has 0 heterocycles. The zero-order chi connectivity index (χ0) is 18.3. The molecule has 0 aliphatic rings. The molecule has 4 nitrogen and oxygen atoms in total. The number of nitrogens with zero attached hydrogens (tertiary/aromatic N) is 1. The average molecular weight is 345 g/mol. The topological polar surface area (TPSA) is 58.4 Å². The molecule has 0 bridgehead atoms. The Morgan fingerprint density at radius 1 is 1.21 bits per heavy atom. The summed E-state index contributed by atoms with van der Waals surface area (Å²) in [5, 5.41) is 2.84. The third-order valence-corrected chi connectivity index (χ3v) is 4.15. The molecular formula is C17H26F3N3O. The number of nitrogens with two attached hydrogens (primary N) is 1. The number of likely N-dealkylation sites (N-methyl/N-ethyl adjacent to an activating group) is 1. The molecule has 0 aliphatic heterocycles. The second kappa shape index (κ2) is 9.03. The van der Waals surface area contributed by atoms with Crippen LogP contribution in [0.5, 0.6) is 0 Å². The van der Waals surface area contributed by atoms with Gasteiger partial charge < -0.3 is 11.1 Å². The molecular weight excluding hydrogens is 319 g/mol. The van der Waals surface area contributed by atoms with Gasteiger partial charge in [0.2, 0.25) is 5.91 Å². The van der Waals surface area contributed by atoms with Crippen molar-refractivity contribution in [2.75, 3.05) is 26.2 Å². The minimum atomic E-state index is -4.35. The van der Waals surface area contributed by atoms with E-state index < -0.39 is 11.7 Å². The van der Waals surface area contributed by atoms with Crippen molar-refractivity contribution in [1.29, 1.82) is 0 Å². The van der Waals surface area contributed by atoms with E-state index in [1.165, 1.54) is 12.1 Å². The summed E-state index contributed by atoms with van der Waals surface area (Å²) in [5.74, 6) is -0.448. The Bertz CT molecular complexity index is 513. The first-order chi connectivity index (χ1) is 11.2. The number of amides is 1. The molecule has 0 saturated carbocycles. The second-order valence-electron chi connectivity index (χ2n) is 5.74. The monoisotopic (exact) mass is 345 g/mol. The van der Waals surface area contributed by atoms with Gasteiger partial charge in [-0.3, -0.25) is 9.69 Å². The van der Waals surface area contributed by atoms with Crippen molar-refractivity contribution in [2.24, 2.45) is 11.7 Å². The molecule has 2 atom stereocenters. The third-order valence-electron chi connectivity index (χ3n) is 4.15. The van der Waals surface area contributed by atoms with Crippen LogP contribution in [0.25, 0.3) is 0 Å². The van der Waals surface area contributed by atoms with Gasteiger partial charge in [0.25, 0.3) is 0 Å². The quantitative estimate of drug-likeness (QED) is 0.762. The van der Waals surface area contributed by atoms with E-state index in [9.17, 15) is 18.0 Å². The zero-order valence-electron chi connectivity index (χ0n) is 14.4. The molecule has 1 aromatic rings. The first-order valence-corrected chi connectivity index (χ1v) is 8.13. The van der Waals surface area contributed by atoms with Gasteiger partial charge in [-0.05, 0) is 30.8 Å². The molecule has 136 valence electrons. The van der Waals surface area contributed by atoms with Gasteiger partial charge in [-0.2, -0.15) is 13.2 Å². The summed E-state index contributed by atoms with van der Waals surface area (Å²) in [6.45, 7) is 7.73. The SMILES string of the molecule is CCN(CC)C(CNC(=O)C(C)CN)c1ccc(C(F)(F)F)cc1. The Morgan fingerprint density at radius 2 is 1.75 bits per heavy atom. The molecule has 0 spiro atoms. The Labute approximate surface area is 141 Å². The molecule has 24 heavy (non-hydrogen) atoms. The Hall–Kier alpha value is -1.60. The molecule has 1 rings (SSSR count). The number of carbonyl (C=O) groups excluding carboxylic acids is 1. The molecule has 3 N–H and O–H groups in total. The first-order valence-electron chi connectivity index (χ1n) is 8.13. The number of carbonyl (C=O) groups is 1. The fourth-order valence-corrected chi connectivity index (χ4v) is 2.49. The van der Waals surface area contributed by atoms with Crippen LogP contribution in [0.3, 0.4) is 0 Å². The largest absolute Gasteiger partial charge is 0.416 e. The van der Waals surface area contributed by atoms with Gasteiger partial charge in [0, 0.05) is 19.0 Å². The molecule has 0 saturated heterocycles. The van der Waals surface area contributed by atoms with E-state index in [0.29, 0.717) is 6.54 Å². The standard InChI is InChI=1S/C17H26F3N3O/c1-4-23(5-2)15(11-22-16(24)12(3)10-21)13-6-8-14(9-7-13)17(18,19)20/h6-9,12,15H,4-5,10-11,21H2,1-3H3,(H,22,24). The van der Waals surface area contributed by atoms with Crippen molar-refractivity contribution in [3.63, 3.8) is 0 Å². The number of benzene rings is 1. The molecule has 0 aromatic heterocycles. The van der Waals surface area contributed by atoms with Gasteiger partial charge >= 0.3 is 6.18 Å². The van der Waals surface area contributed by atoms with Crippen LogP contribution in [0.2, 0.25) is 0 Å². The zero-order valence-corrected chi connectivity index (χ0v) is 14.4. The predicted molar refractivity (Wildman–Crippen MR) is 88.3 cm³/mol. The van der Waals surface area contributed by atoms with Gasteiger partial charge in [-0.25, -0.2) is 0 Å². The molecule has 2 unspecified atom stereocenters. The van der Waals surface area contributed by atoms with E-state index in [1.807, 2.05) is 13.8 Å². The summed E-state index contributed by atoms with van der Waals surface area (Å²) in [6, 6.07) is 4.93. The maximum absolute atomic E-state index is 12.7. The van der Waals surface area contributed by atoms with E-state index in [-0.39, 0.29) is 24.4 Å². The minimum Gasteiger partial charge on any atom is -0.354 e. The average Bonchev–Trinajstić information content (AvgIpc) is 2.56. The lowest BCUT2D eigenvalue weighted by Gasteiger charge is -2.30. The van der Waals surface area contributed by atoms with Crippen LogP contribution < -0.4 is 11.1 Å². The molecule has 0 radical (unpaired) electrons. The third kappa shape index (κ3) is 5.49. The van der Waals surface area contributed by atoms with Crippen LogP contribution >= 0.6 is 0 Å². The van der Waals surface area contributed by atoms with Gasteiger partial charge in [-0.1, -0.05) is 32.9 Å². The summed E-state index contributed by atoms with van der Waals surface area (Å²) < 4.78 is 38.1. The molecule has 1 aromatic carbocycles. The maximum atomic E-state index is 12.7. The van der Waals surface area contributed by atoms with Crippen molar-refractivity contribution in [3.8, 4) is 0 Å². The number of rotatable bonds is 8. The van der Waals surface area contributed by atoms with Crippen molar-refractivity contribution in [3.05, 3.63) is 35.4 Å². The lowest BCUT2D eigenvalue weighted by Crippen LogP contribution is -2.41. The van der Waals surface area contributed by atoms with Crippen LogP contribution in [0, 0.1) is 5.92 Å². The van der Waals surface area contributed by atoms with E-state index >= 15 is 0 Å². The Kier molecular flexibility index (Phi) is 7.69. The smallest absolute Gasteiger partial charge is 0.354 e. The van der Waals surface area contributed by atoms with Crippen molar-refractivity contribution < 1.29 is 18.0 Å².